The molecule has 5 heteroatoms. The van der Waals surface area contributed by atoms with Gasteiger partial charge in [0.2, 0.25) is 0 Å². The van der Waals surface area contributed by atoms with Crippen LogP contribution in [0.5, 0.6) is 5.75 Å². The molecule has 29 heavy (non-hydrogen) atoms. The minimum Gasteiger partial charge on any atom is -0.479 e. The van der Waals surface area contributed by atoms with Crippen LogP contribution in [-0.4, -0.2) is 17.9 Å². The predicted octanol–water partition coefficient (Wildman–Crippen LogP) is 4.56. The molecule has 3 aromatic rings. The summed E-state index contributed by atoms with van der Waals surface area (Å²) in [6.07, 6.45) is -0.557. The van der Waals surface area contributed by atoms with Crippen molar-refractivity contribution in [2.45, 2.75) is 26.5 Å². The molecule has 1 aliphatic rings. The van der Waals surface area contributed by atoms with E-state index in [0.717, 1.165) is 11.1 Å². The second-order valence-corrected chi connectivity index (χ2v) is 7.12. The normalized spacial score (nSPS) is 15.4. The number of carbonyl (C=O) groups is 2. The maximum absolute atomic E-state index is 12.8. The highest BCUT2D eigenvalue weighted by Gasteiger charge is 2.31. The van der Waals surface area contributed by atoms with E-state index in [0.29, 0.717) is 29.2 Å². The van der Waals surface area contributed by atoms with Crippen molar-refractivity contribution in [3.63, 3.8) is 0 Å². The topological polar surface area (TPSA) is 58.6 Å². The van der Waals surface area contributed by atoms with Crippen molar-refractivity contribution in [2.75, 3.05) is 10.2 Å². The van der Waals surface area contributed by atoms with Crippen molar-refractivity contribution in [1.29, 1.82) is 0 Å². The standard InChI is InChI=1S/C24H22N2O3/c1-16-8-6-7-11-20(16)23(27)25-19-12-13-22-21(14-19)26(24(28)17(2)29-22)15-18-9-4-3-5-10-18/h3-14,17H,15H2,1-2H3,(H,25,27). The van der Waals surface area contributed by atoms with Crippen LogP contribution in [0.4, 0.5) is 11.4 Å². The van der Waals surface area contributed by atoms with E-state index in [1.807, 2.05) is 55.5 Å². The number of nitrogens with one attached hydrogen (secondary N) is 1. The van der Waals surface area contributed by atoms with Gasteiger partial charge in [0.15, 0.2) is 6.10 Å². The van der Waals surface area contributed by atoms with Gasteiger partial charge in [-0.25, -0.2) is 0 Å². The number of hydrogen-bond donors (Lipinski definition) is 1. The summed E-state index contributed by atoms with van der Waals surface area (Å²) in [6.45, 7) is 4.09. The van der Waals surface area contributed by atoms with Crippen molar-refractivity contribution in [3.05, 3.63) is 89.5 Å². The molecule has 5 nitrogen and oxygen atoms in total. The first-order chi connectivity index (χ1) is 14.0. The van der Waals surface area contributed by atoms with Crippen molar-refractivity contribution < 1.29 is 14.3 Å². The molecular weight excluding hydrogens is 364 g/mol. The van der Waals surface area contributed by atoms with Gasteiger partial charge in [-0.1, -0.05) is 48.5 Å². The van der Waals surface area contributed by atoms with Crippen LogP contribution in [0.15, 0.2) is 72.8 Å². The zero-order valence-electron chi connectivity index (χ0n) is 16.4. The second-order valence-electron chi connectivity index (χ2n) is 7.12. The fourth-order valence-corrected chi connectivity index (χ4v) is 3.44. The summed E-state index contributed by atoms with van der Waals surface area (Å²) in [5, 5.41) is 2.93. The van der Waals surface area contributed by atoms with Crippen LogP contribution in [0.1, 0.15) is 28.4 Å². The van der Waals surface area contributed by atoms with Gasteiger partial charge >= 0.3 is 0 Å². The van der Waals surface area contributed by atoms with Crippen LogP contribution in [0.25, 0.3) is 0 Å². The molecule has 1 unspecified atom stereocenters. The average Bonchev–Trinajstić information content (AvgIpc) is 2.73. The molecule has 2 amide bonds. The molecule has 0 saturated carbocycles. The van der Waals surface area contributed by atoms with Crippen molar-refractivity contribution in [3.8, 4) is 5.75 Å². The lowest BCUT2D eigenvalue weighted by Crippen LogP contribution is -2.44. The third-order valence-corrected chi connectivity index (χ3v) is 5.00. The molecule has 3 aromatic carbocycles. The van der Waals surface area contributed by atoms with E-state index in [1.165, 1.54) is 0 Å². The molecule has 0 fully saturated rings. The Morgan fingerprint density at radius 1 is 1.03 bits per heavy atom. The van der Waals surface area contributed by atoms with Gasteiger partial charge in [0.1, 0.15) is 5.75 Å². The van der Waals surface area contributed by atoms with Crippen molar-refractivity contribution in [1.82, 2.24) is 0 Å². The van der Waals surface area contributed by atoms with E-state index in [4.69, 9.17) is 4.74 Å². The molecule has 0 saturated heterocycles. The zero-order chi connectivity index (χ0) is 20.4. The van der Waals surface area contributed by atoms with Gasteiger partial charge in [0.25, 0.3) is 11.8 Å². The zero-order valence-corrected chi connectivity index (χ0v) is 16.4. The molecule has 0 aliphatic carbocycles. The van der Waals surface area contributed by atoms with Gasteiger partial charge in [-0.3, -0.25) is 9.59 Å². The number of anilines is 2. The second kappa shape index (κ2) is 7.80. The highest BCUT2D eigenvalue weighted by Crippen LogP contribution is 2.37. The molecule has 1 aliphatic heterocycles. The summed E-state index contributed by atoms with van der Waals surface area (Å²) in [5.74, 6) is 0.333. The fourth-order valence-electron chi connectivity index (χ4n) is 3.44. The smallest absolute Gasteiger partial charge is 0.268 e. The lowest BCUT2D eigenvalue weighted by atomic mass is 10.1. The molecule has 146 valence electrons. The lowest BCUT2D eigenvalue weighted by molar-refractivity contribution is -0.125. The number of amides is 2. The minimum atomic E-state index is -0.557. The van der Waals surface area contributed by atoms with Crippen LogP contribution < -0.4 is 15.0 Å². The first-order valence-electron chi connectivity index (χ1n) is 9.56. The Bertz CT molecular complexity index is 1060. The van der Waals surface area contributed by atoms with E-state index in [9.17, 15) is 9.59 Å². The Morgan fingerprint density at radius 3 is 2.52 bits per heavy atom. The SMILES string of the molecule is Cc1ccccc1C(=O)Nc1ccc2c(c1)N(Cc1ccccc1)C(=O)C(C)O2. The number of ether oxygens (including phenoxy) is 1. The van der Waals surface area contributed by atoms with E-state index < -0.39 is 6.10 Å². The number of aryl methyl sites for hydroxylation is 1. The first kappa shape index (κ1) is 18.7. The molecule has 0 radical (unpaired) electrons. The molecule has 4 rings (SSSR count). The number of carbonyl (C=O) groups excluding carboxylic acids is 2. The van der Waals surface area contributed by atoms with E-state index in [-0.39, 0.29) is 11.8 Å². The third kappa shape index (κ3) is 3.85. The van der Waals surface area contributed by atoms with Crippen LogP contribution in [0, 0.1) is 6.92 Å². The number of fused-ring (bicyclic) bond motifs is 1. The highest BCUT2D eigenvalue weighted by atomic mass is 16.5. The minimum absolute atomic E-state index is 0.108. The van der Waals surface area contributed by atoms with Crippen molar-refractivity contribution in [2.24, 2.45) is 0 Å². The summed E-state index contributed by atoms with van der Waals surface area (Å²) in [5.41, 5.74) is 3.81. The molecule has 0 bridgehead atoms. The van der Waals surface area contributed by atoms with Crippen LogP contribution in [-0.2, 0) is 11.3 Å². The van der Waals surface area contributed by atoms with Gasteiger partial charge in [-0.15, -0.1) is 0 Å². The average molecular weight is 386 g/mol. The van der Waals surface area contributed by atoms with E-state index in [2.05, 4.69) is 5.32 Å². The first-order valence-corrected chi connectivity index (χ1v) is 9.56. The number of rotatable bonds is 4. The quantitative estimate of drug-likeness (QED) is 0.715. The van der Waals surface area contributed by atoms with Crippen LogP contribution in [0.2, 0.25) is 0 Å². The number of hydrogen-bond acceptors (Lipinski definition) is 3. The monoisotopic (exact) mass is 386 g/mol. The highest BCUT2D eigenvalue weighted by molar-refractivity contribution is 6.06. The molecule has 0 spiro atoms. The number of nitrogens with zero attached hydrogens (tertiary/aromatic N) is 1. The van der Waals surface area contributed by atoms with Crippen LogP contribution >= 0.6 is 0 Å². The molecule has 1 heterocycles. The largest absolute Gasteiger partial charge is 0.479 e. The molecule has 0 aromatic heterocycles. The van der Waals surface area contributed by atoms with Gasteiger partial charge < -0.3 is 15.0 Å². The Kier molecular flexibility index (Phi) is 5.04. The molecule has 1 N–H and O–H groups in total. The van der Waals surface area contributed by atoms with Gasteiger partial charge in [-0.2, -0.15) is 0 Å². The predicted molar refractivity (Wildman–Crippen MR) is 113 cm³/mol. The van der Waals surface area contributed by atoms with E-state index >= 15 is 0 Å². The summed E-state index contributed by atoms with van der Waals surface area (Å²) < 4.78 is 5.77. The third-order valence-electron chi connectivity index (χ3n) is 5.00. The summed E-state index contributed by atoms with van der Waals surface area (Å²) in [6, 6.07) is 22.6. The Labute approximate surface area is 169 Å². The summed E-state index contributed by atoms with van der Waals surface area (Å²) >= 11 is 0. The Morgan fingerprint density at radius 2 is 1.76 bits per heavy atom. The molecule has 1 atom stereocenters. The van der Waals surface area contributed by atoms with Crippen molar-refractivity contribution >= 4 is 23.2 Å². The Hall–Kier alpha value is -3.60. The maximum Gasteiger partial charge on any atom is 0.268 e. The van der Waals surface area contributed by atoms with Crippen LogP contribution in [0.3, 0.4) is 0 Å². The van der Waals surface area contributed by atoms with Gasteiger partial charge in [0.05, 0.1) is 12.2 Å². The molecular formula is C24H22N2O3. The number of benzene rings is 3. The summed E-state index contributed by atoms with van der Waals surface area (Å²) in [4.78, 5) is 27.2. The Balaban J connectivity index is 1.64. The fraction of sp³-hybridized carbons (Fsp3) is 0.167. The maximum atomic E-state index is 12.8. The van der Waals surface area contributed by atoms with Gasteiger partial charge in [0, 0.05) is 11.3 Å². The van der Waals surface area contributed by atoms with E-state index in [1.54, 1.807) is 36.1 Å². The summed E-state index contributed by atoms with van der Waals surface area (Å²) in [7, 11) is 0. The van der Waals surface area contributed by atoms with Gasteiger partial charge in [-0.05, 0) is 49.2 Å². The lowest BCUT2D eigenvalue weighted by Gasteiger charge is -2.33.